The first-order valence-corrected chi connectivity index (χ1v) is 7.79. The van der Waals surface area contributed by atoms with Gasteiger partial charge >= 0.3 is 0 Å². The number of methoxy groups -OCH3 is 1. The molecule has 2 aromatic carbocycles. The highest BCUT2D eigenvalue weighted by Gasteiger charge is 2.24. The Bertz CT molecular complexity index is 767. The number of Topliss-reactive ketones (excluding diaryl/α,β-unsaturated/α-hetero) is 1. The summed E-state index contributed by atoms with van der Waals surface area (Å²) in [5, 5.41) is 0. The zero-order valence-electron chi connectivity index (χ0n) is 13.7. The summed E-state index contributed by atoms with van der Waals surface area (Å²) >= 11 is 0. The third-order valence-corrected chi connectivity index (χ3v) is 4.04. The zero-order valence-corrected chi connectivity index (χ0v) is 13.7. The average Bonchev–Trinajstić information content (AvgIpc) is 2.61. The molecule has 1 aliphatic rings. The second-order valence-electron chi connectivity index (χ2n) is 5.66. The molecule has 0 spiro atoms. The maximum absolute atomic E-state index is 12.7. The summed E-state index contributed by atoms with van der Waals surface area (Å²) in [4.78, 5) is 26.0. The number of rotatable bonds is 4. The molecular formula is C19H19NO4. The predicted molar refractivity (Wildman–Crippen MR) is 91.0 cm³/mol. The van der Waals surface area contributed by atoms with Gasteiger partial charge in [0.25, 0.3) is 0 Å². The number of anilines is 1. The molecule has 1 aliphatic heterocycles. The molecule has 2 aromatic rings. The highest BCUT2D eigenvalue weighted by atomic mass is 16.5. The molecule has 5 nitrogen and oxygen atoms in total. The van der Waals surface area contributed by atoms with Crippen molar-refractivity contribution in [3.8, 4) is 11.5 Å². The molecule has 1 heterocycles. The van der Waals surface area contributed by atoms with Crippen LogP contribution in [0, 0.1) is 0 Å². The van der Waals surface area contributed by atoms with Crippen molar-refractivity contribution >= 4 is 17.4 Å². The predicted octanol–water partition coefficient (Wildman–Crippen LogP) is 2.87. The van der Waals surface area contributed by atoms with Gasteiger partial charge in [-0.2, -0.15) is 0 Å². The molecule has 1 amide bonds. The molecule has 0 unspecified atom stereocenters. The summed E-state index contributed by atoms with van der Waals surface area (Å²) in [7, 11) is 1.61. The van der Waals surface area contributed by atoms with Crippen molar-refractivity contribution in [3.05, 3.63) is 53.6 Å². The fourth-order valence-electron chi connectivity index (χ4n) is 2.71. The molecule has 5 heteroatoms. The smallest absolute Gasteiger partial charge is 0.231 e. The summed E-state index contributed by atoms with van der Waals surface area (Å²) in [6.45, 7) is 2.43. The minimum Gasteiger partial charge on any atom is -0.497 e. The SMILES string of the molecule is COc1ccc(CC(=O)N2CCOc3ccc(C(C)=O)cc32)cc1. The van der Waals surface area contributed by atoms with E-state index in [-0.39, 0.29) is 18.1 Å². The topological polar surface area (TPSA) is 55.8 Å². The summed E-state index contributed by atoms with van der Waals surface area (Å²) in [5.41, 5.74) is 2.14. The Morgan fingerprint density at radius 2 is 1.92 bits per heavy atom. The van der Waals surface area contributed by atoms with Crippen LogP contribution in [0.1, 0.15) is 22.8 Å². The van der Waals surface area contributed by atoms with Gasteiger partial charge in [0.1, 0.15) is 18.1 Å². The van der Waals surface area contributed by atoms with Crippen LogP contribution in [0.2, 0.25) is 0 Å². The van der Waals surface area contributed by atoms with Crippen molar-refractivity contribution in [3.63, 3.8) is 0 Å². The van der Waals surface area contributed by atoms with E-state index in [9.17, 15) is 9.59 Å². The summed E-state index contributed by atoms with van der Waals surface area (Å²) in [5.74, 6) is 1.33. The summed E-state index contributed by atoms with van der Waals surface area (Å²) in [6, 6.07) is 12.6. The van der Waals surface area contributed by atoms with Gasteiger partial charge in [0, 0.05) is 5.56 Å². The molecule has 124 valence electrons. The van der Waals surface area contributed by atoms with Crippen LogP contribution in [0.3, 0.4) is 0 Å². The van der Waals surface area contributed by atoms with Crippen molar-refractivity contribution in [1.82, 2.24) is 0 Å². The number of ether oxygens (including phenoxy) is 2. The van der Waals surface area contributed by atoms with Gasteiger partial charge in [0.2, 0.25) is 5.91 Å². The molecule has 0 saturated carbocycles. The van der Waals surface area contributed by atoms with E-state index < -0.39 is 0 Å². The molecule has 0 radical (unpaired) electrons. The van der Waals surface area contributed by atoms with E-state index >= 15 is 0 Å². The van der Waals surface area contributed by atoms with E-state index in [2.05, 4.69) is 0 Å². The first-order valence-electron chi connectivity index (χ1n) is 7.79. The Hall–Kier alpha value is -2.82. The van der Waals surface area contributed by atoms with E-state index in [1.807, 2.05) is 24.3 Å². The highest BCUT2D eigenvalue weighted by Crippen LogP contribution is 2.33. The van der Waals surface area contributed by atoms with Crippen molar-refractivity contribution in [2.24, 2.45) is 0 Å². The Morgan fingerprint density at radius 1 is 1.17 bits per heavy atom. The van der Waals surface area contributed by atoms with Crippen LogP contribution >= 0.6 is 0 Å². The van der Waals surface area contributed by atoms with Crippen LogP contribution in [-0.2, 0) is 11.2 Å². The number of ketones is 1. The van der Waals surface area contributed by atoms with Gasteiger partial charge < -0.3 is 14.4 Å². The lowest BCUT2D eigenvalue weighted by atomic mass is 10.1. The fraction of sp³-hybridized carbons (Fsp3) is 0.263. The zero-order chi connectivity index (χ0) is 17.1. The number of amides is 1. The highest BCUT2D eigenvalue weighted by molar-refractivity contribution is 6.00. The van der Waals surface area contributed by atoms with E-state index in [0.29, 0.717) is 30.2 Å². The van der Waals surface area contributed by atoms with Gasteiger partial charge in [-0.3, -0.25) is 9.59 Å². The van der Waals surface area contributed by atoms with Gasteiger partial charge in [-0.1, -0.05) is 12.1 Å². The number of carbonyl (C=O) groups excluding carboxylic acids is 2. The standard InChI is InChI=1S/C19H19NO4/c1-13(21)15-5-8-18-17(12-15)20(9-10-24-18)19(22)11-14-3-6-16(23-2)7-4-14/h3-8,12H,9-11H2,1-2H3. The summed E-state index contributed by atoms with van der Waals surface area (Å²) < 4.78 is 10.7. The molecule has 0 aromatic heterocycles. The van der Waals surface area contributed by atoms with Crippen LogP contribution < -0.4 is 14.4 Å². The number of carbonyl (C=O) groups is 2. The van der Waals surface area contributed by atoms with Crippen LogP contribution in [0.4, 0.5) is 5.69 Å². The second-order valence-corrected chi connectivity index (χ2v) is 5.66. The molecule has 0 bridgehead atoms. The number of hydrogen-bond donors (Lipinski definition) is 0. The lowest BCUT2D eigenvalue weighted by Gasteiger charge is -2.30. The Labute approximate surface area is 140 Å². The van der Waals surface area contributed by atoms with Crippen molar-refractivity contribution in [1.29, 1.82) is 0 Å². The maximum atomic E-state index is 12.7. The quantitative estimate of drug-likeness (QED) is 0.811. The molecule has 0 atom stereocenters. The second kappa shape index (κ2) is 6.74. The lowest BCUT2D eigenvalue weighted by molar-refractivity contribution is -0.118. The van der Waals surface area contributed by atoms with Gasteiger partial charge in [-0.15, -0.1) is 0 Å². The van der Waals surface area contributed by atoms with Gasteiger partial charge in [0.05, 0.1) is 25.8 Å². The number of nitrogens with zero attached hydrogens (tertiary/aromatic N) is 1. The van der Waals surface area contributed by atoms with Crippen LogP contribution in [-0.4, -0.2) is 32.0 Å². The number of hydrogen-bond acceptors (Lipinski definition) is 4. The fourth-order valence-corrected chi connectivity index (χ4v) is 2.71. The van der Waals surface area contributed by atoms with Gasteiger partial charge in [-0.05, 0) is 42.8 Å². The van der Waals surface area contributed by atoms with E-state index in [1.54, 1.807) is 30.2 Å². The first-order chi connectivity index (χ1) is 11.6. The molecular weight excluding hydrogens is 306 g/mol. The number of benzene rings is 2. The van der Waals surface area contributed by atoms with E-state index in [1.165, 1.54) is 6.92 Å². The third kappa shape index (κ3) is 3.25. The van der Waals surface area contributed by atoms with Crippen LogP contribution in [0.15, 0.2) is 42.5 Å². The van der Waals surface area contributed by atoms with Crippen molar-refractivity contribution in [2.75, 3.05) is 25.2 Å². The monoisotopic (exact) mass is 325 g/mol. The first kappa shape index (κ1) is 16.1. The van der Waals surface area contributed by atoms with E-state index in [4.69, 9.17) is 9.47 Å². The lowest BCUT2D eigenvalue weighted by Crippen LogP contribution is -2.39. The third-order valence-electron chi connectivity index (χ3n) is 4.04. The summed E-state index contributed by atoms with van der Waals surface area (Å²) in [6.07, 6.45) is 0.285. The Balaban J connectivity index is 1.83. The molecule has 24 heavy (non-hydrogen) atoms. The molecule has 0 fully saturated rings. The largest absolute Gasteiger partial charge is 0.497 e. The van der Waals surface area contributed by atoms with Crippen LogP contribution in [0.25, 0.3) is 0 Å². The molecule has 3 rings (SSSR count). The molecule has 0 N–H and O–H groups in total. The molecule has 0 saturated heterocycles. The normalized spacial score (nSPS) is 13.0. The van der Waals surface area contributed by atoms with Crippen LogP contribution in [0.5, 0.6) is 11.5 Å². The van der Waals surface area contributed by atoms with Gasteiger partial charge in [0.15, 0.2) is 5.78 Å². The average molecular weight is 325 g/mol. The Morgan fingerprint density at radius 3 is 2.58 bits per heavy atom. The Kier molecular flexibility index (Phi) is 4.51. The molecule has 0 aliphatic carbocycles. The van der Waals surface area contributed by atoms with E-state index in [0.717, 1.165) is 11.3 Å². The van der Waals surface area contributed by atoms with Crippen molar-refractivity contribution in [2.45, 2.75) is 13.3 Å². The minimum atomic E-state index is -0.0362. The van der Waals surface area contributed by atoms with Gasteiger partial charge in [-0.25, -0.2) is 0 Å². The number of fused-ring (bicyclic) bond motifs is 1. The minimum absolute atomic E-state index is 0.0228. The maximum Gasteiger partial charge on any atom is 0.231 e. The van der Waals surface area contributed by atoms with Crippen molar-refractivity contribution < 1.29 is 19.1 Å².